The van der Waals surface area contributed by atoms with Crippen LogP contribution in [0.5, 0.6) is 0 Å². The van der Waals surface area contributed by atoms with E-state index >= 15 is 0 Å². The average Bonchev–Trinajstić information content (AvgIpc) is 3.28. The number of esters is 1. The van der Waals surface area contributed by atoms with Crippen LogP contribution in [-0.2, 0) is 35.1 Å². The molecular weight excluding hydrogens is 628 g/mol. The van der Waals surface area contributed by atoms with Crippen LogP contribution in [0.1, 0.15) is 91.7 Å². The number of carbonyl (C=O) groups is 5. The van der Waals surface area contributed by atoms with Crippen molar-refractivity contribution in [1.29, 1.82) is 0 Å². The van der Waals surface area contributed by atoms with Crippen molar-refractivity contribution in [3.63, 3.8) is 0 Å². The van der Waals surface area contributed by atoms with Gasteiger partial charge in [-0.05, 0) is 54.8 Å². The van der Waals surface area contributed by atoms with E-state index in [0.29, 0.717) is 18.9 Å². The first-order chi connectivity index (χ1) is 22.3. The first kappa shape index (κ1) is 40.8. The molecule has 11 heteroatoms. The Morgan fingerprint density at radius 3 is 2.31 bits per heavy atom. The van der Waals surface area contributed by atoms with Gasteiger partial charge in [0.15, 0.2) is 0 Å². The van der Waals surface area contributed by atoms with Crippen LogP contribution in [-0.4, -0.2) is 90.2 Å². The number of ether oxygens (including phenoxy) is 1. The van der Waals surface area contributed by atoms with Crippen LogP contribution in [0, 0.1) is 16.7 Å². The lowest BCUT2D eigenvalue weighted by Crippen LogP contribution is -2.45. The fourth-order valence-electron chi connectivity index (χ4n) is 5.15. The summed E-state index contributed by atoms with van der Waals surface area (Å²) >= 11 is 1.14. The Balaban J connectivity index is 1.87. The Morgan fingerprint density at radius 2 is 1.73 bits per heavy atom. The molecule has 0 bridgehead atoms. The van der Waals surface area contributed by atoms with Crippen molar-refractivity contribution < 1.29 is 28.7 Å². The molecule has 0 spiro atoms. The molecular formula is C37H58N4O6S. The quantitative estimate of drug-likeness (QED) is 0.165. The number of nitrogens with one attached hydrogen (secondary N) is 2. The fourth-order valence-corrected chi connectivity index (χ4v) is 6.33. The second-order valence-corrected chi connectivity index (χ2v) is 16.3. The number of carbonyl (C=O) groups excluding carboxylic acids is 5. The van der Waals surface area contributed by atoms with E-state index in [2.05, 4.69) is 56.2 Å². The molecule has 0 radical (unpaired) electrons. The number of hydrogen-bond donors (Lipinski definition) is 2. The summed E-state index contributed by atoms with van der Waals surface area (Å²) in [6, 6.07) is 6.90. The van der Waals surface area contributed by atoms with E-state index in [1.54, 1.807) is 6.92 Å². The molecule has 2 N–H and O–H groups in total. The molecule has 1 aliphatic heterocycles. The molecule has 1 fully saturated rings. The molecule has 1 saturated heterocycles. The maximum Gasteiger partial charge on any atom is 0.329 e. The topological polar surface area (TPSA) is 125 Å². The van der Waals surface area contributed by atoms with Crippen LogP contribution < -0.4 is 10.6 Å². The molecule has 3 unspecified atom stereocenters. The van der Waals surface area contributed by atoms with E-state index in [-0.39, 0.29) is 54.3 Å². The van der Waals surface area contributed by atoms with E-state index in [0.717, 1.165) is 35.1 Å². The Morgan fingerprint density at radius 1 is 1.08 bits per heavy atom. The summed E-state index contributed by atoms with van der Waals surface area (Å²) in [4.78, 5) is 67.7. The zero-order chi connectivity index (χ0) is 36.2. The third kappa shape index (κ3) is 13.3. The van der Waals surface area contributed by atoms with E-state index in [9.17, 15) is 24.0 Å². The van der Waals surface area contributed by atoms with Crippen LogP contribution in [0.15, 0.2) is 36.5 Å². The second-order valence-electron chi connectivity index (χ2n) is 15.1. The zero-order valence-electron chi connectivity index (χ0n) is 30.7. The number of thioether (sulfide) groups is 1. The van der Waals surface area contributed by atoms with Crippen molar-refractivity contribution in [3.8, 4) is 0 Å². The van der Waals surface area contributed by atoms with Gasteiger partial charge in [0, 0.05) is 44.3 Å². The number of benzene rings is 1. The van der Waals surface area contributed by atoms with Gasteiger partial charge in [-0.1, -0.05) is 78.8 Å². The van der Waals surface area contributed by atoms with Crippen molar-refractivity contribution >= 4 is 41.4 Å². The highest BCUT2D eigenvalue weighted by Gasteiger charge is 2.40. The molecule has 1 heterocycles. The van der Waals surface area contributed by atoms with Gasteiger partial charge in [-0.25, -0.2) is 4.79 Å². The van der Waals surface area contributed by atoms with Gasteiger partial charge >= 0.3 is 5.97 Å². The summed E-state index contributed by atoms with van der Waals surface area (Å²) in [5, 5.41) is 4.96. The molecule has 0 aromatic heterocycles. The monoisotopic (exact) mass is 686 g/mol. The lowest BCUT2D eigenvalue weighted by molar-refractivity contribution is -0.144. The van der Waals surface area contributed by atoms with Crippen LogP contribution in [0.3, 0.4) is 0 Å². The molecule has 4 amide bonds. The van der Waals surface area contributed by atoms with Gasteiger partial charge in [-0.15, -0.1) is 11.8 Å². The van der Waals surface area contributed by atoms with Crippen molar-refractivity contribution in [1.82, 2.24) is 20.4 Å². The summed E-state index contributed by atoms with van der Waals surface area (Å²) in [5.74, 6) is -1.71. The first-order valence-electron chi connectivity index (χ1n) is 16.9. The van der Waals surface area contributed by atoms with Crippen LogP contribution >= 0.6 is 11.8 Å². The van der Waals surface area contributed by atoms with Crippen molar-refractivity contribution in [2.24, 2.45) is 16.7 Å². The molecule has 0 saturated carbocycles. The number of likely N-dealkylation sites (tertiary alicyclic amines) is 1. The predicted molar refractivity (Wildman–Crippen MR) is 192 cm³/mol. The highest BCUT2D eigenvalue weighted by molar-refractivity contribution is 8.00. The number of imide groups is 1. The first-order valence-corrected chi connectivity index (χ1v) is 18.0. The minimum absolute atomic E-state index is 0.0149. The number of hydrogen-bond acceptors (Lipinski definition) is 8. The summed E-state index contributed by atoms with van der Waals surface area (Å²) in [6.07, 6.45) is 6.72. The van der Waals surface area contributed by atoms with Gasteiger partial charge in [-0.3, -0.25) is 24.1 Å². The number of methoxy groups -OCH3 is 1. The Hall–Kier alpha value is -3.34. The molecule has 10 nitrogen and oxygen atoms in total. The summed E-state index contributed by atoms with van der Waals surface area (Å²) in [5.41, 5.74) is 1.61. The van der Waals surface area contributed by atoms with Gasteiger partial charge in [0.1, 0.15) is 6.04 Å². The highest BCUT2D eigenvalue weighted by atomic mass is 32.2. The summed E-state index contributed by atoms with van der Waals surface area (Å²) in [6.45, 7) is 17.3. The number of amides is 4. The zero-order valence-corrected chi connectivity index (χ0v) is 31.5. The van der Waals surface area contributed by atoms with E-state index in [4.69, 9.17) is 4.74 Å². The average molecular weight is 687 g/mol. The van der Waals surface area contributed by atoms with E-state index in [1.165, 1.54) is 12.7 Å². The van der Waals surface area contributed by atoms with E-state index < -0.39 is 28.6 Å². The molecule has 1 aromatic carbocycles. The van der Waals surface area contributed by atoms with E-state index in [1.807, 2.05) is 51.4 Å². The number of rotatable bonds is 18. The third-order valence-corrected chi connectivity index (χ3v) is 9.70. The van der Waals surface area contributed by atoms with Gasteiger partial charge < -0.3 is 20.3 Å². The van der Waals surface area contributed by atoms with Crippen LogP contribution in [0.2, 0.25) is 0 Å². The lowest BCUT2D eigenvalue weighted by atomic mass is 9.88. The Labute approximate surface area is 292 Å². The molecule has 1 aromatic rings. The van der Waals surface area contributed by atoms with Crippen LogP contribution in [0.4, 0.5) is 0 Å². The standard InChI is InChI=1S/C37H58N4O6S/c1-25(2)22-27-12-14-28(15-13-27)26(3)32(43)39-29(34(45)47-10)24-48-30-23-31(42)41(33(30)44)21-18-38-35(46)37(7,8)17-20-40(9)19-11-16-36(4,5)6/h11-15,19,25-26,29-30H,16-18,20-24H2,1-10H3,(H,38,46)(H,39,43)/b19-11-. The Bertz CT molecular complexity index is 1290. The van der Waals surface area contributed by atoms with Gasteiger partial charge in [-0.2, -0.15) is 0 Å². The van der Waals surface area contributed by atoms with Gasteiger partial charge in [0.05, 0.1) is 18.3 Å². The predicted octanol–water partition coefficient (Wildman–Crippen LogP) is 4.92. The number of allylic oxidation sites excluding steroid dienone is 1. The maximum atomic E-state index is 13.1. The minimum Gasteiger partial charge on any atom is -0.467 e. The molecule has 2 rings (SSSR count). The van der Waals surface area contributed by atoms with Crippen molar-refractivity contribution in [2.75, 3.05) is 39.5 Å². The summed E-state index contributed by atoms with van der Waals surface area (Å²) in [7, 11) is 3.23. The third-order valence-electron chi connectivity index (χ3n) is 8.40. The van der Waals surface area contributed by atoms with Gasteiger partial charge in [0.25, 0.3) is 0 Å². The normalized spacial score (nSPS) is 16.7. The fraction of sp³-hybridized carbons (Fsp3) is 0.649. The SMILES string of the molecule is COC(=O)C(CSC1CC(=O)N(CCNC(=O)C(C)(C)CCN(C)/C=C\CC(C)(C)C)C1=O)NC(=O)C(C)c1ccc(CC(C)C)cc1. The second kappa shape index (κ2) is 18.4. The largest absolute Gasteiger partial charge is 0.467 e. The number of nitrogens with zero attached hydrogens (tertiary/aromatic N) is 2. The maximum absolute atomic E-state index is 13.1. The molecule has 48 heavy (non-hydrogen) atoms. The summed E-state index contributed by atoms with van der Waals surface area (Å²) < 4.78 is 4.92. The smallest absolute Gasteiger partial charge is 0.329 e. The van der Waals surface area contributed by atoms with Crippen molar-refractivity contribution in [3.05, 3.63) is 47.7 Å². The van der Waals surface area contributed by atoms with Gasteiger partial charge in [0.2, 0.25) is 23.6 Å². The molecule has 3 atom stereocenters. The van der Waals surface area contributed by atoms with Crippen molar-refractivity contribution in [2.45, 2.75) is 98.3 Å². The highest BCUT2D eigenvalue weighted by Crippen LogP contribution is 2.27. The molecule has 0 aliphatic carbocycles. The minimum atomic E-state index is -0.985. The lowest BCUT2D eigenvalue weighted by Gasteiger charge is -2.27. The van der Waals surface area contributed by atoms with Crippen LogP contribution in [0.25, 0.3) is 0 Å². The molecule has 268 valence electrons. The Kier molecular flexibility index (Phi) is 15.7. The molecule has 1 aliphatic rings.